The zero-order valence-electron chi connectivity index (χ0n) is 9.45. The van der Waals surface area contributed by atoms with Crippen molar-refractivity contribution in [3.8, 4) is 0 Å². The van der Waals surface area contributed by atoms with Gasteiger partial charge >= 0.3 is 12.1 Å². The Morgan fingerprint density at radius 2 is 2.00 bits per heavy atom. The van der Waals surface area contributed by atoms with Crippen LogP contribution in [0.15, 0.2) is 0 Å². The van der Waals surface area contributed by atoms with Gasteiger partial charge in [0.25, 0.3) is 0 Å². The summed E-state index contributed by atoms with van der Waals surface area (Å²) < 4.78 is 4.84. The zero-order valence-corrected chi connectivity index (χ0v) is 9.45. The Morgan fingerprint density at radius 1 is 1.40 bits per heavy atom. The summed E-state index contributed by atoms with van der Waals surface area (Å²) in [5.41, 5.74) is 0. The van der Waals surface area contributed by atoms with Crippen LogP contribution in [0, 0.1) is 11.8 Å². The molecule has 0 fully saturated rings. The number of carboxylic acids is 1. The van der Waals surface area contributed by atoms with Gasteiger partial charge in [-0.3, -0.25) is 4.79 Å². The van der Waals surface area contributed by atoms with Crippen molar-refractivity contribution in [2.75, 3.05) is 13.2 Å². The lowest BCUT2D eigenvalue weighted by molar-refractivity contribution is -0.141. The fourth-order valence-electron chi connectivity index (χ4n) is 0.906. The number of aliphatic carboxylic acids is 1. The average Bonchev–Trinajstić information content (AvgIpc) is 2.15. The van der Waals surface area contributed by atoms with Gasteiger partial charge in [-0.1, -0.05) is 20.8 Å². The van der Waals surface area contributed by atoms with Crippen molar-refractivity contribution in [3.63, 3.8) is 0 Å². The molecule has 1 atom stereocenters. The van der Waals surface area contributed by atoms with Crippen molar-refractivity contribution in [1.29, 1.82) is 0 Å². The van der Waals surface area contributed by atoms with Crippen LogP contribution in [-0.2, 0) is 9.53 Å². The van der Waals surface area contributed by atoms with E-state index < -0.39 is 18.0 Å². The topological polar surface area (TPSA) is 75.6 Å². The van der Waals surface area contributed by atoms with Crippen molar-refractivity contribution < 1.29 is 19.4 Å². The second-order valence-electron chi connectivity index (χ2n) is 3.82. The second kappa shape index (κ2) is 7.09. The lowest BCUT2D eigenvalue weighted by Crippen LogP contribution is -2.33. The second-order valence-corrected chi connectivity index (χ2v) is 3.82. The highest BCUT2D eigenvalue weighted by atomic mass is 16.5. The number of amides is 1. The van der Waals surface area contributed by atoms with E-state index in [1.807, 2.05) is 13.8 Å². The minimum atomic E-state index is -0.901. The van der Waals surface area contributed by atoms with Crippen LogP contribution in [0.2, 0.25) is 0 Å². The van der Waals surface area contributed by atoms with Crippen molar-refractivity contribution in [3.05, 3.63) is 0 Å². The minimum absolute atomic E-state index is 0.114. The summed E-state index contributed by atoms with van der Waals surface area (Å²) in [4.78, 5) is 21.7. The Hall–Kier alpha value is -1.26. The maximum atomic E-state index is 11.1. The first-order valence-corrected chi connectivity index (χ1v) is 5.10. The SMILES string of the molecule is CCC(CNC(=O)OCC(C)C)C(=O)O. The van der Waals surface area contributed by atoms with E-state index in [0.29, 0.717) is 13.0 Å². The predicted octanol–water partition coefficient (Wildman–Crippen LogP) is 1.48. The van der Waals surface area contributed by atoms with Crippen LogP contribution in [0.3, 0.4) is 0 Å². The summed E-state index contributed by atoms with van der Waals surface area (Å²) >= 11 is 0. The van der Waals surface area contributed by atoms with E-state index in [1.54, 1.807) is 6.92 Å². The molecule has 88 valence electrons. The van der Waals surface area contributed by atoms with Crippen LogP contribution >= 0.6 is 0 Å². The van der Waals surface area contributed by atoms with E-state index in [1.165, 1.54) is 0 Å². The molecule has 5 nitrogen and oxygen atoms in total. The normalized spacial score (nSPS) is 12.3. The lowest BCUT2D eigenvalue weighted by Gasteiger charge is -2.12. The molecule has 0 bridgehead atoms. The van der Waals surface area contributed by atoms with Gasteiger partial charge in [-0.2, -0.15) is 0 Å². The first-order chi connectivity index (χ1) is 6.97. The van der Waals surface area contributed by atoms with Crippen LogP contribution in [0.4, 0.5) is 4.79 Å². The molecule has 0 aliphatic carbocycles. The molecule has 0 aromatic rings. The van der Waals surface area contributed by atoms with E-state index in [-0.39, 0.29) is 12.5 Å². The van der Waals surface area contributed by atoms with E-state index in [0.717, 1.165) is 0 Å². The molecule has 0 spiro atoms. The first-order valence-electron chi connectivity index (χ1n) is 5.10. The van der Waals surface area contributed by atoms with Crippen LogP contribution in [0.25, 0.3) is 0 Å². The van der Waals surface area contributed by atoms with Gasteiger partial charge < -0.3 is 15.2 Å². The maximum Gasteiger partial charge on any atom is 0.407 e. The maximum absolute atomic E-state index is 11.1. The molecule has 1 unspecified atom stereocenters. The molecular formula is C10H19NO4. The Kier molecular flexibility index (Phi) is 6.49. The number of ether oxygens (including phenoxy) is 1. The van der Waals surface area contributed by atoms with Crippen LogP contribution in [0.1, 0.15) is 27.2 Å². The van der Waals surface area contributed by atoms with Crippen LogP contribution < -0.4 is 5.32 Å². The van der Waals surface area contributed by atoms with Gasteiger partial charge in [0, 0.05) is 6.54 Å². The molecule has 2 N–H and O–H groups in total. The third-order valence-electron chi connectivity index (χ3n) is 1.88. The van der Waals surface area contributed by atoms with Gasteiger partial charge in [0.15, 0.2) is 0 Å². The highest BCUT2D eigenvalue weighted by Crippen LogP contribution is 2.00. The first kappa shape index (κ1) is 13.7. The Labute approximate surface area is 89.8 Å². The summed E-state index contributed by atoms with van der Waals surface area (Å²) in [5.74, 6) is -1.17. The van der Waals surface area contributed by atoms with Crippen molar-refractivity contribution >= 4 is 12.1 Å². The summed E-state index contributed by atoms with van der Waals surface area (Å²) in [7, 11) is 0. The number of rotatable bonds is 6. The summed E-state index contributed by atoms with van der Waals surface area (Å²) in [6, 6.07) is 0. The fraction of sp³-hybridized carbons (Fsp3) is 0.800. The molecule has 0 aromatic heterocycles. The molecule has 0 aliphatic heterocycles. The zero-order chi connectivity index (χ0) is 11.8. The molecule has 0 aliphatic rings. The van der Waals surface area contributed by atoms with Gasteiger partial charge in [-0.15, -0.1) is 0 Å². The molecular weight excluding hydrogens is 198 g/mol. The van der Waals surface area contributed by atoms with Crippen LogP contribution in [-0.4, -0.2) is 30.3 Å². The Bertz CT molecular complexity index is 215. The summed E-state index contributed by atoms with van der Waals surface area (Å²) in [6.07, 6.45) is -0.0665. The van der Waals surface area contributed by atoms with E-state index in [9.17, 15) is 9.59 Å². The number of hydrogen-bond donors (Lipinski definition) is 2. The fourth-order valence-corrected chi connectivity index (χ4v) is 0.906. The van der Waals surface area contributed by atoms with Gasteiger partial charge in [-0.25, -0.2) is 4.79 Å². The number of carbonyl (C=O) groups is 2. The molecule has 0 saturated heterocycles. The van der Waals surface area contributed by atoms with Gasteiger partial charge in [-0.05, 0) is 12.3 Å². The largest absolute Gasteiger partial charge is 0.481 e. The molecule has 0 heterocycles. The third kappa shape index (κ3) is 6.76. The van der Waals surface area contributed by atoms with Crippen molar-refractivity contribution in [2.24, 2.45) is 11.8 Å². The molecule has 0 aromatic carbocycles. The highest BCUT2D eigenvalue weighted by Gasteiger charge is 2.16. The molecule has 0 rings (SSSR count). The number of hydrogen-bond acceptors (Lipinski definition) is 3. The average molecular weight is 217 g/mol. The Balaban J connectivity index is 3.74. The van der Waals surface area contributed by atoms with Crippen molar-refractivity contribution in [1.82, 2.24) is 5.32 Å². The summed E-state index contributed by atoms with van der Waals surface area (Å²) in [6.45, 7) is 6.08. The predicted molar refractivity (Wildman–Crippen MR) is 55.6 cm³/mol. The standard InChI is InChI=1S/C10H19NO4/c1-4-8(9(12)13)5-11-10(14)15-6-7(2)3/h7-8H,4-6H2,1-3H3,(H,11,14)(H,12,13). The number of carbonyl (C=O) groups excluding carboxylic acids is 1. The van der Waals surface area contributed by atoms with Crippen molar-refractivity contribution in [2.45, 2.75) is 27.2 Å². The van der Waals surface area contributed by atoms with E-state index >= 15 is 0 Å². The van der Waals surface area contributed by atoms with Gasteiger partial charge in [0.1, 0.15) is 0 Å². The number of carboxylic acid groups (broad SMARTS) is 1. The van der Waals surface area contributed by atoms with Crippen LogP contribution in [0.5, 0.6) is 0 Å². The molecule has 0 saturated carbocycles. The molecule has 15 heavy (non-hydrogen) atoms. The quantitative estimate of drug-likeness (QED) is 0.706. The van der Waals surface area contributed by atoms with E-state index in [2.05, 4.69) is 5.32 Å². The van der Waals surface area contributed by atoms with Gasteiger partial charge in [0.05, 0.1) is 12.5 Å². The third-order valence-corrected chi connectivity index (χ3v) is 1.88. The van der Waals surface area contributed by atoms with E-state index in [4.69, 9.17) is 9.84 Å². The smallest absolute Gasteiger partial charge is 0.407 e. The summed E-state index contributed by atoms with van der Waals surface area (Å²) in [5, 5.41) is 11.1. The molecule has 0 radical (unpaired) electrons. The highest BCUT2D eigenvalue weighted by molar-refractivity contribution is 5.72. The minimum Gasteiger partial charge on any atom is -0.481 e. The molecule has 1 amide bonds. The lowest BCUT2D eigenvalue weighted by atomic mass is 10.1. The monoisotopic (exact) mass is 217 g/mol. The van der Waals surface area contributed by atoms with Gasteiger partial charge in [0.2, 0.25) is 0 Å². The Morgan fingerprint density at radius 3 is 2.40 bits per heavy atom. The molecule has 5 heteroatoms. The number of alkyl carbamates (subject to hydrolysis) is 1. The number of nitrogens with one attached hydrogen (secondary N) is 1.